The summed E-state index contributed by atoms with van der Waals surface area (Å²) < 4.78 is 19.2. The number of nitrogens with one attached hydrogen (secondary N) is 2. The Morgan fingerprint density at radius 1 is 1.20 bits per heavy atom. The van der Waals surface area contributed by atoms with Crippen LogP contribution in [0.1, 0.15) is 29.3 Å². The molecule has 1 aliphatic heterocycles. The molecule has 1 aliphatic rings. The average Bonchev–Trinajstić information content (AvgIpc) is 3.34. The van der Waals surface area contributed by atoms with Crippen molar-refractivity contribution in [2.75, 3.05) is 20.0 Å². The second kappa shape index (κ2) is 9.59. The lowest BCUT2D eigenvalue weighted by molar-refractivity contribution is 0.0948. The minimum atomic E-state index is -0.453. The Morgan fingerprint density at radius 3 is 2.91 bits per heavy atom. The summed E-state index contributed by atoms with van der Waals surface area (Å²) in [4.78, 5) is 31.1. The Bertz CT molecular complexity index is 1540. The van der Waals surface area contributed by atoms with Crippen molar-refractivity contribution in [3.63, 3.8) is 0 Å². The normalized spacial score (nSPS) is 12.4. The van der Waals surface area contributed by atoms with Crippen LogP contribution in [-0.2, 0) is 17.8 Å². The molecule has 4 aromatic rings. The third-order valence-electron chi connectivity index (χ3n) is 5.83. The third kappa shape index (κ3) is 4.35. The highest BCUT2D eigenvalue weighted by atomic mass is 16.7. The summed E-state index contributed by atoms with van der Waals surface area (Å²) in [6.07, 6.45) is 2.25. The topological polar surface area (TPSA) is 120 Å². The summed E-state index contributed by atoms with van der Waals surface area (Å²) in [6.45, 7) is 3.79. The van der Waals surface area contributed by atoms with E-state index in [2.05, 4.69) is 10.3 Å². The number of nitrogens with zero attached hydrogens (tertiary/aromatic N) is 3. The second-order valence-corrected chi connectivity index (χ2v) is 8.06. The summed E-state index contributed by atoms with van der Waals surface area (Å²) >= 11 is 0. The first-order valence-electron chi connectivity index (χ1n) is 11.4. The minimum absolute atomic E-state index is 0.00985. The zero-order valence-electron chi connectivity index (χ0n) is 19.2. The lowest BCUT2D eigenvalue weighted by Gasteiger charge is -2.15. The molecular formula is C25H25N5O5. The van der Waals surface area contributed by atoms with E-state index in [9.17, 15) is 9.59 Å². The van der Waals surface area contributed by atoms with Gasteiger partial charge in [-0.1, -0.05) is 12.1 Å². The highest BCUT2D eigenvalue weighted by Crippen LogP contribution is 2.32. The number of rotatable bonds is 8. The van der Waals surface area contributed by atoms with E-state index in [-0.39, 0.29) is 35.3 Å². The molecule has 0 aliphatic carbocycles. The van der Waals surface area contributed by atoms with Crippen LogP contribution in [0.5, 0.6) is 11.5 Å². The predicted octanol–water partition coefficient (Wildman–Crippen LogP) is 2.21. The summed E-state index contributed by atoms with van der Waals surface area (Å²) in [5.41, 5.74) is 1.47. The van der Waals surface area contributed by atoms with Gasteiger partial charge in [-0.2, -0.15) is 0 Å². The molecule has 0 unspecified atom stereocenters. The smallest absolute Gasteiger partial charge is 0.267 e. The van der Waals surface area contributed by atoms with E-state index in [0.29, 0.717) is 49.0 Å². The summed E-state index contributed by atoms with van der Waals surface area (Å²) in [6, 6.07) is 12.2. The van der Waals surface area contributed by atoms with Gasteiger partial charge in [0, 0.05) is 32.5 Å². The fourth-order valence-electron chi connectivity index (χ4n) is 4.08. The third-order valence-corrected chi connectivity index (χ3v) is 5.83. The van der Waals surface area contributed by atoms with E-state index in [0.717, 1.165) is 5.56 Å². The van der Waals surface area contributed by atoms with E-state index in [4.69, 9.17) is 19.6 Å². The van der Waals surface area contributed by atoms with E-state index in [1.165, 1.54) is 10.5 Å². The van der Waals surface area contributed by atoms with E-state index < -0.39 is 5.91 Å². The van der Waals surface area contributed by atoms with Crippen molar-refractivity contribution >= 4 is 22.6 Å². The number of ether oxygens (including phenoxy) is 3. The fraction of sp³-hybridized carbons (Fsp3) is 0.280. The lowest BCUT2D eigenvalue weighted by Crippen LogP contribution is -2.35. The Morgan fingerprint density at radius 2 is 2.06 bits per heavy atom. The van der Waals surface area contributed by atoms with Gasteiger partial charge in [0.15, 0.2) is 11.5 Å². The Hall–Kier alpha value is -4.18. The number of pyridine rings is 2. The van der Waals surface area contributed by atoms with Crippen molar-refractivity contribution < 1.29 is 19.0 Å². The van der Waals surface area contributed by atoms with Gasteiger partial charge in [-0.25, -0.2) is 4.98 Å². The quantitative estimate of drug-likeness (QED) is 0.298. The molecule has 0 radical (unpaired) electrons. The van der Waals surface area contributed by atoms with Gasteiger partial charge < -0.3 is 24.1 Å². The van der Waals surface area contributed by atoms with Crippen LogP contribution in [0.4, 0.5) is 0 Å². The van der Waals surface area contributed by atoms with Crippen LogP contribution in [0.3, 0.4) is 0 Å². The molecule has 0 spiro atoms. The molecule has 4 heterocycles. The van der Waals surface area contributed by atoms with Gasteiger partial charge in [0.1, 0.15) is 16.8 Å². The van der Waals surface area contributed by atoms with Crippen molar-refractivity contribution in [2.45, 2.75) is 26.4 Å². The number of hydrogen-bond acceptors (Lipinski definition) is 7. The van der Waals surface area contributed by atoms with Crippen LogP contribution in [0.2, 0.25) is 0 Å². The van der Waals surface area contributed by atoms with Crippen molar-refractivity contribution in [3.05, 3.63) is 75.6 Å². The molecule has 1 aromatic carbocycles. The number of aromatic nitrogens is 3. The molecule has 1 amide bonds. The highest BCUT2D eigenvalue weighted by molar-refractivity contribution is 5.96. The first kappa shape index (κ1) is 22.6. The first-order chi connectivity index (χ1) is 17.1. The van der Waals surface area contributed by atoms with E-state index >= 15 is 0 Å². The fourth-order valence-corrected chi connectivity index (χ4v) is 4.08. The SMILES string of the molecule is CCOCCCn1c(=N)c(C(=O)NCc2ccc3c(c2)OCO3)cc2c(=O)n3ccccc3nc21. The van der Waals surface area contributed by atoms with Crippen molar-refractivity contribution in [2.24, 2.45) is 0 Å². The van der Waals surface area contributed by atoms with Gasteiger partial charge in [-0.15, -0.1) is 0 Å². The number of carbonyl (C=O) groups excluding carboxylic acids is 1. The molecule has 0 bridgehead atoms. The van der Waals surface area contributed by atoms with Gasteiger partial charge in [-0.3, -0.25) is 19.4 Å². The second-order valence-electron chi connectivity index (χ2n) is 8.06. The van der Waals surface area contributed by atoms with Crippen LogP contribution < -0.4 is 25.8 Å². The monoisotopic (exact) mass is 475 g/mol. The maximum Gasteiger partial charge on any atom is 0.267 e. The van der Waals surface area contributed by atoms with E-state index in [1.54, 1.807) is 41.1 Å². The van der Waals surface area contributed by atoms with Crippen LogP contribution >= 0.6 is 0 Å². The number of amides is 1. The van der Waals surface area contributed by atoms with E-state index in [1.807, 2.05) is 13.0 Å². The van der Waals surface area contributed by atoms with Crippen LogP contribution in [-0.4, -0.2) is 39.9 Å². The van der Waals surface area contributed by atoms with Gasteiger partial charge in [0.05, 0.1) is 10.9 Å². The molecule has 0 saturated carbocycles. The highest BCUT2D eigenvalue weighted by Gasteiger charge is 2.18. The van der Waals surface area contributed by atoms with Crippen LogP contribution in [0.25, 0.3) is 16.7 Å². The standard InChI is InChI=1S/C25H25N5O5/c1-2-33-11-5-10-30-22(26)17(13-18-23(30)28-21-6-3-4-9-29(21)25(18)32)24(31)27-14-16-7-8-19-20(12-16)35-15-34-19/h3-4,6-9,12-13,26H,2,5,10-11,14-15H2,1H3,(H,27,31). The first-order valence-corrected chi connectivity index (χ1v) is 11.4. The van der Waals surface area contributed by atoms with Crippen LogP contribution in [0.15, 0.2) is 53.5 Å². The molecule has 10 heteroatoms. The molecule has 10 nitrogen and oxygen atoms in total. The van der Waals surface area contributed by atoms with Gasteiger partial charge in [0.2, 0.25) is 6.79 Å². The molecule has 180 valence electrons. The molecule has 0 fully saturated rings. The Labute approximate surface area is 200 Å². The summed E-state index contributed by atoms with van der Waals surface area (Å²) in [5.74, 6) is 0.837. The number of carbonyl (C=O) groups is 1. The zero-order valence-corrected chi connectivity index (χ0v) is 19.2. The Kier molecular flexibility index (Phi) is 6.19. The summed E-state index contributed by atoms with van der Waals surface area (Å²) in [7, 11) is 0. The number of hydrogen-bond donors (Lipinski definition) is 2. The zero-order chi connectivity index (χ0) is 24.4. The molecule has 5 rings (SSSR count). The minimum Gasteiger partial charge on any atom is -0.454 e. The molecule has 35 heavy (non-hydrogen) atoms. The van der Waals surface area contributed by atoms with Crippen molar-refractivity contribution in [3.8, 4) is 11.5 Å². The van der Waals surface area contributed by atoms with Crippen molar-refractivity contribution in [1.82, 2.24) is 19.3 Å². The number of fused-ring (bicyclic) bond motifs is 3. The maximum atomic E-state index is 13.3. The molecule has 2 N–H and O–H groups in total. The number of benzene rings is 1. The largest absolute Gasteiger partial charge is 0.454 e. The molecule has 0 atom stereocenters. The van der Waals surface area contributed by atoms with Gasteiger partial charge in [-0.05, 0) is 49.2 Å². The predicted molar refractivity (Wildman–Crippen MR) is 128 cm³/mol. The van der Waals surface area contributed by atoms with Crippen molar-refractivity contribution in [1.29, 1.82) is 5.41 Å². The van der Waals surface area contributed by atoms with Crippen LogP contribution in [0, 0.1) is 5.41 Å². The maximum absolute atomic E-state index is 13.3. The Balaban J connectivity index is 1.52. The number of aryl methyl sites for hydroxylation is 1. The average molecular weight is 476 g/mol. The lowest BCUT2D eigenvalue weighted by atomic mass is 10.1. The molecule has 0 saturated heterocycles. The molecule has 3 aromatic heterocycles. The molecular weight excluding hydrogens is 450 g/mol. The van der Waals surface area contributed by atoms with Gasteiger partial charge in [0.25, 0.3) is 11.5 Å². The summed E-state index contributed by atoms with van der Waals surface area (Å²) in [5, 5.41) is 11.9. The van der Waals surface area contributed by atoms with Gasteiger partial charge >= 0.3 is 0 Å².